The van der Waals surface area contributed by atoms with Crippen LogP contribution in [0, 0.1) is 0 Å². The van der Waals surface area contributed by atoms with Gasteiger partial charge in [0.1, 0.15) is 11.5 Å². The van der Waals surface area contributed by atoms with Crippen LogP contribution in [-0.4, -0.2) is 0 Å². The third-order valence-electron chi connectivity index (χ3n) is 2.75. The lowest BCUT2D eigenvalue weighted by Gasteiger charge is -2.05. The molecular weight excluding hydrogens is 208 g/mol. The Hall–Kier alpha value is -2.02. The predicted octanol–water partition coefficient (Wildman–Crippen LogP) is 4.66. The van der Waals surface area contributed by atoms with Crippen LogP contribution in [0.3, 0.4) is 0 Å². The highest BCUT2D eigenvalue weighted by Gasteiger charge is 2.10. The van der Waals surface area contributed by atoms with Crippen molar-refractivity contribution in [3.8, 4) is 11.5 Å². The second kappa shape index (κ2) is 4.46. The number of rotatable bonds is 3. The fourth-order valence-corrected chi connectivity index (χ4v) is 1.74. The molecule has 0 bridgehead atoms. The Morgan fingerprint density at radius 3 is 2.35 bits per heavy atom. The zero-order chi connectivity index (χ0) is 11.5. The van der Waals surface area contributed by atoms with Gasteiger partial charge in [-0.3, -0.25) is 0 Å². The summed E-state index contributed by atoms with van der Waals surface area (Å²) in [6.45, 7) is 0. The minimum atomic E-state index is 0.878. The van der Waals surface area contributed by atoms with Gasteiger partial charge < -0.3 is 4.74 Å². The smallest absolute Gasteiger partial charge is 0.128 e. The molecule has 2 aromatic rings. The van der Waals surface area contributed by atoms with E-state index in [0.29, 0.717) is 0 Å². The van der Waals surface area contributed by atoms with Gasteiger partial charge in [0.05, 0.1) is 0 Å². The summed E-state index contributed by atoms with van der Waals surface area (Å²) in [5, 5.41) is 0. The molecule has 0 unspecified atom stereocenters. The van der Waals surface area contributed by atoms with Crippen LogP contribution in [0.4, 0.5) is 0 Å². The second-order valence-electron chi connectivity index (χ2n) is 4.29. The van der Waals surface area contributed by atoms with Crippen molar-refractivity contribution in [1.82, 2.24) is 0 Å². The summed E-state index contributed by atoms with van der Waals surface area (Å²) in [6.07, 6.45) is 4.76. The minimum absolute atomic E-state index is 0.878. The first-order valence-corrected chi connectivity index (χ1v) is 5.92. The number of benzene rings is 2. The molecule has 1 fully saturated rings. The number of allylic oxidation sites excluding steroid dienone is 1. The molecule has 0 N–H and O–H groups in total. The van der Waals surface area contributed by atoms with E-state index in [1.807, 2.05) is 42.5 Å². The van der Waals surface area contributed by atoms with Gasteiger partial charge in [-0.2, -0.15) is 0 Å². The molecule has 0 spiro atoms. The maximum absolute atomic E-state index is 5.79. The van der Waals surface area contributed by atoms with E-state index < -0.39 is 0 Å². The summed E-state index contributed by atoms with van der Waals surface area (Å²) in [6, 6.07) is 18.1. The van der Waals surface area contributed by atoms with E-state index in [9.17, 15) is 0 Å². The van der Waals surface area contributed by atoms with E-state index in [4.69, 9.17) is 4.74 Å². The highest BCUT2D eigenvalue weighted by molar-refractivity contribution is 5.58. The average molecular weight is 222 g/mol. The topological polar surface area (TPSA) is 9.23 Å². The predicted molar refractivity (Wildman–Crippen MR) is 70.2 cm³/mol. The van der Waals surface area contributed by atoms with Crippen LogP contribution in [0.15, 0.2) is 60.2 Å². The van der Waals surface area contributed by atoms with Crippen LogP contribution >= 0.6 is 0 Å². The number of hydrogen-bond acceptors (Lipinski definition) is 1. The first-order chi connectivity index (χ1) is 8.40. The Morgan fingerprint density at radius 1 is 0.824 bits per heavy atom. The van der Waals surface area contributed by atoms with E-state index >= 15 is 0 Å². The molecule has 17 heavy (non-hydrogen) atoms. The molecule has 0 radical (unpaired) electrons. The van der Waals surface area contributed by atoms with Gasteiger partial charge in [0, 0.05) is 0 Å². The van der Waals surface area contributed by atoms with Gasteiger partial charge >= 0.3 is 0 Å². The highest BCUT2D eigenvalue weighted by Crippen LogP contribution is 2.31. The Morgan fingerprint density at radius 2 is 1.59 bits per heavy atom. The molecule has 0 amide bonds. The molecule has 0 saturated heterocycles. The Bertz CT molecular complexity index is 534. The lowest BCUT2D eigenvalue weighted by molar-refractivity contribution is 0.482. The van der Waals surface area contributed by atoms with Crippen molar-refractivity contribution in [1.29, 1.82) is 0 Å². The number of hydrogen-bond donors (Lipinski definition) is 0. The summed E-state index contributed by atoms with van der Waals surface area (Å²) in [4.78, 5) is 0. The number of ether oxygens (including phenoxy) is 1. The molecule has 1 nitrogen and oxygen atoms in total. The number of para-hydroxylation sites is 1. The first-order valence-electron chi connectivity index (χ1n) is 5.92. The molecule has 0 aliphatic heterocycles. The molecule has 0 atom stereocenters. The van der Waals surface area contributed by atoms with Gasteiger partial charge in [0.15, 0.2) is 0 Å². The summed E-state index contributed by atoms with van der Waals surface area (Å²) in [5.74, 6) is 1.77. The van der Waals surface area contributed by atoms with Crippen molar-refractivity contribution in [2.24, 2.45) is 0 Å². The van der Waals surface area contributed by atoms with Gasteiger partial charge in [0.25, 0.3) is 0 Å². The Balaban J connectivity index is 1.81. The zero-order valence-corrected chi connectivity index (χ0v) is 9.60. The Kier molecular flexibility index (Phi) is 2.66. The van der Waals surface area contributed by atoms with Crippen molar-refractivity contribution in [3.63, 3.8) is 0 Å². The largest absolute Gasteiger partial charge is 0.457 e. The zero-order valence-electron chi connectivity index (χ0n) is 9.60. The van der Waals surface area contributed by atoms with Crippen LogP contribution in [-0.2, 0) is 0 Å². The quantitative estimate of drug-likeness (QED) is 0.734. The van der Waals surface area contributed by atoms with E-state index in [1.165, 1.54) is 24.0 Å². The van der Waals surface area contributed by atoms with E-state index in [1.54, 1.807) is 0 Å². The molecule has 1 aliphatic rings. The molecule has 1 heteroatoms. The van der Waals surface area contributed by atoms with Gasteiger partial charge in [-0.1, -0.05) is 42.0 Å². The van der Waals surface area contributed by atoms with Crippen molar-refractivity contribution in [2.75, 3.05) is 0 Å². The average Bonchev–Trinajstić information content (AvgIpc) is 3.15. The van der Waals surface area contributed by atoms with Gasteiger partial charge in [-0.05, 0) is 42.7 Å². The van der Waals surface area contributed by atoms with Crippen molar-refractivity contribution < 1.29 is 4.74 Å². The van der Waals surface area contributed by atoms with Crippen LogP contribution in [0.1, 0.15) is 18.4 Å². The van der Waals surface area contributed by atoms with Crippen LogP contribution in [0.2, 0.25) is 0 Å². The van der Waals surface area contributed by atoms with Gasteiger partial charge in [0.2, 0.25) is 0 Å². The standard InChI is InChI=1S/C16H14O/c1-2-6-15(7-3-1)17-16-8-4-5-14(12-16)11-13-9-10-13/h1-8,11-12H,9-10H2. The fraction of sp³-hybridized carbons (Fsp3) is 0.125. The molecule has 84 valence electrons. The molecule has 2 aromatic carbocycles. The monoisotopic (exact) mass is 222 g/mol. The van der Waals surface area contributed by atoms with E-state index in [0.717, 1.165) is 11.5 Å². The summed E-state index contributed by atoms with van der Waals surface area (Å²) >= 11 is 0. The third kappa shape index (κ3) is 2.76. The van der Waals surface area contributed by atoms with Crippen molar-refractivity contribution >= 4 is 6.08 Å². The van der Waals surface area contributed by atoms with Crippen molar-refractivity contribution in [2.45, 2.75) is 12.8 Å². The van der Waals surface area contributed by atoms with Crippen LogP contribution in [0.25, 0.3) is 6.08 Å². The summed E-state index contributed by atoms with van der Waals surface area (Å²) < 4.78 is 5.79. The Labute approximate surface area is 101 Å². The third-order valence-corrected chi connectivity index (χ3v) is 2.75. The molecule has 1 aliphatic carbocycles. The highest BCUT2D eigenvalue weighted by atomic mass is 16.5. The van der Waals surface area contributed by atoms with Crippen molar-refractivity contribution in [3.05, 3.63) is 65.7 Å². The maximum atomic E-state index is 5.79. The minimum Gasteiger partial charge on any atom is -0.457 e. The fourth-order valence-electron chi connectivity index (χ4n) is 1.74. The van der Waals surface area contributed by atoms with Crippen LogP contribution in [0.5, 0.6) is 11.5 Å². The molecule has 3 rings (SSSR count). The molecular formula is C16H14O. The maximum Gasteiger partial charge on any atom is 0.128 e. The van der Waals surface area contributed by atoms with Gasteiger partial charge in [-0.15, -0.1) is 0 Å². The first kappa shape index (κ1) is 10.2. The van der Waals surface area contributed by atoms with Gasteiger partial charge in [-0.25, -0.2) is 0 Å². The molecule has 0 heterocycles. The SMILES string of the molecule is C(=C1CC1)c1cccc(Oc2ccccc2)c1. The lowest BCUT2D eigenvalue weighted by atomic mass is 10.2. The molecule has 1 saturated carbocycles. The lowest BCUT2D eigenvalue weighted by Crippen LogP contribution is -1.83. The van der Waals surface area contributed by atoms with E-state index in [2.05, 4.69) is 18.2 Å². The summed E-state index contributed by atoms with van der Waals surface area (Å²) in [7, 11) is 0. The second-order valence-corrected chi connectivity index (χ2v) is 4.29. The molecule has 0 aromatic heterocycles. The normalized spacial score (nSPS) is 13.3. The summed E-state index contributed by atoms with van der Waals surface area (Å²) in [5.41, 5.74) is 2.76. The van der Waals surface area contributed by atoms with E-state index in [-0.39, 0.29) is 0 Å². The van der Waals surface area contributed by atoms with Crippen LogP contribution < -0.4 is 4.74 Å².